The zero-order chi connectivity index (χ0) is 22.4. The Balaban J connectivity index is 2.43. The number of ether oxygens (including phenoxy) is 2. The molecular formula is C21H33N3O5S. The number of fused-ring (bicyclic) bond motifs is 1. The van der Waals surface area contributed by atoms with Gasteiger partial charge in [0.1, 0.15) is 15.5 Å². The van der Waals surface area contributed by atoms with Crippen LogP contribution in [0.2, 0.25) is 0 Å². The second-order valence-electron chi connectivity index (χ2n) is 8.11. The SMILES string of the molecule is CCOC(=O)c1sc2nc(CN(CC(C)C)CC(O)COC)[nH]c(=O)c2c1C(C)C. The van der Waals surface area contributed by atoms with Crippen molar-refractivity contribution in [1.82, 2.24) is 14.9 Å². The summed E-state index contributed by atoms with van der Waals surface area (Å²) >= 11 is 1.20. The Labute approximate surface area is 181 Å². The summed E-state index contributed by atoms with van der Waals surface area (Å²) in [5.74, 6) is 0.437. The van der Waals surface area contributed by atoms with E-state index >= 15 is 0 Å². The Bertz CT molecular complexity index is 906. The van der Waals surface area contributed by atoms with Crippen molar-refractivity contribution < 1.29 is 19.4 Å². The average molecular weight is 440 g/mol. The number of esters is 1. The van der Waals surface area contributed by atoms with Gasteiger partial charge in [0.2, 0.25) is 0 Å². The highest BCUT2D eigenvalue weighted by Crippen LogP contribution is 2.33. The van der Waals surface area contributed by atoms with Gasteiger partial charge in [0, 0.05) is 20.2 Å². The second kappa shape index (κ2) is 11.0. The topological polar surface area (TPSA) is 105 Å². The standard InChI is InChI=1S/C21H33N3O5S/c1-7-29-21(27)18-16(13(4)5)17-19(26)22-15(23-20(17)30-18)10-24(8-12(2)3)9-14(25)11-28-6/h12-14,25H,7-11H2,1-6H3,(H,22,23,26). The van der Waals surface area contributed by atoms with E-state index in [4.69, 9.17) is 9.47 Å². The number of hydrogen-bond acceptors (Lipinski definition) is 8. The predicted molar refractivity (Wildman–Crippen MR) is 118 cm³/mol. The zero-order valence-corrected chi connectivity index (χ0v) is 19.5. The van der Waals surface area contributed by atoms with E-state index in [0.29, 0.717) is 45.5 Å². The number of carbonyl (C=O) groups is 1. The van der Waals surface area contributed by atoms with Gasteiger partial charge in [0.05, 0.1) is 31.2 Å². The quantitative estimate of drug-likeness (QED) is 0.519. The highest BCUT2D eigenvalue weighted by atomic mass is 32.1. The van der Waals surface area contributed by atoms with Crippen LogP contribution in [-0.4, -0.2) is 65.5 Å². The van der Waals surface area contributed by atoms with Crippen LogP contribution in [-0.2, 0) is 16.0 Å². The normalized spacial score (nSPS) is 13.0. The molecule has 2 heterocycles. The molecule has 8 nitrogen and oxygen atoms in total. The fraction of sp³-hybridized carbons (Fsp3) is 0.667. The van der Waals surface area contributed by atoms with Crippen LogP contribution in [0.15, 0.2) is 4.79 Å². The zero-order valence-electron chi connectivity index (χ0n) is 18.7. The summed E-state index contributed by atoms with van der Waals surface area (Å²) in [7, 11) is 1.55. The molecule has 0 aliphatic heterocycles. The van der Waals surface area contributed by atoms with Gasteiger partial charge in [0.25, 0.3) is 5.56 Å². The van der Waals surface area contributed by atoms with Crippen molar-refractivity contribution in [3.8, 4) is 0 Å². The van der Waals surface area contributed by atoms with Crippen molar-refractivity contribution in [1.29, 1.82) is 0 Å². The molecular weight excluding hydrogens is 406 g/mol. The summed E-state index contributed by atoms with van der Waals surface area (Å²) in [5.41, 5.74) is 0.427. The van der Waals surface area contributed by atoms with Crippen LogP contribution in [0.25, 0.3) is 10.2 Å². The fourth-order valence-corrected chi connectivity index (χ4v) is 4.77. The molecule has 168 valence electrons. The molecule has 1 atom stereocenters. The van der Waals surface area contributed by atoms with Gasteiger partial charge in [-0.15, -0.1) is 11.3 Å². The van der Waals surface area contributed by atoms with Crippen molar-refractivity contribution in [2.45, 2.75) is 53.2 Å². The van der Waals surface area contributed by atoms with E-state index in [1.54, 1.807) is 14.0 Å². The Morgan fingerprint density at radius 2 is 1.97 bits per heavy atom. The van der Waals surface area contributed by atoms with Gasteiger partial charge in [-0.05, 0) is 24.3 Å². The maximum absolute atomic E-state index is 12.9. The van der Waals surface area contributed by atoms with Crippen LogP contribution < -0.4 is 5.56 Å². The molecule has 0 radical (unpaired) electrons. The van der Waals surface area contributed by atoms with Crippen LogP contribution in [0, 0.1) is 5.92 Å². The van der Waals surface area contributed by atoms with Crippen molar-refractivity contribution >= 4 is 27.5 Å². The number of aromatic nitrogens is 2. The molecule has 2 aromatic heterocycles. The van der Waals surface area contributed by atoms with E-state index in [-0.39, 0.29) is 24.7 Å². The summed E-state index contributed by atoms with van der Waals surface area (Å²) in [4.78, 5) is 35.9. The summed E-state index contributed by atoms with van der Waals surface area (Å²) in [6.07, 6.45) is -0.631. The molecule has 0 fully saturated rings. The number of aliphatic hydroxyl groups is 1. The lowest BCUT2D eigenvalue weighted by molar-refractivity contribution is 0.0325. The van der Waals surface area contributed by atoms with E-state index < -0.39 is 12.1 Å². The first-order chi connectivity index (χ1) is 14.2. The molecule has 0 spiro atoms. The van der Waals surface area contributed by atoms with Gasteiger partial charge < -0.3 is 19.6 Å². The Kier molecular flexibility index (Phi) is 8.96. The summed E-state index contributed by atoms with van der Waals surface area (Å²) in [6, 6.07) is 0. The summed E-state index contributed by atoms with van der Waals surface area (Å²) < 4.78 is 10.2. The monoisotopic (exact) mass is 439 g/mol. The largest absolute Gasteiger partial charge is 0.462 e. The highest BCUT2D eigenvalue weighted by Gasteiger charge is 2.25. The lowest BCUT2D eigenvalue weighted by atomic mass is 10.0. The fourth-order valence-electron chi connectivity index (χ4n) is 3.52. The third-order valence-electron chi connectivity index (χ3n) is 4.51. The van der Waals surface area contributed by atoms with Gasteiger partial charge in [-0.3, -0.25) is 9.69 Å². The number of nitrogens with zero attached hydrogens (tertiary/aromatic N) is 2. The third-order valence-corrected chi connectivity index (χ3v) is 5.59. The molecule has 0 aliphatic carbocycles. The molecule has 2 rings (SSSR count). The minimum atomic E-state index is -0.631. The lowest BCUT2D eigenvalue weighted by Crippen LogP contribution is -2.37. The first kappa shape index (κ1) is 24.5. The molecule has 0 bridgehead atoms. The van der Waals surface area contributed by atoms with Gasteiger partial charge >= 0.3 is 5.97 Å². The van der Waals surface area contributed by atoms with E-state index in [0.717, 1.165) is 6.54 Å². The molecule has 2 aromatic rings. The molecule has 2 N–H and O–H groups in total. The number of methoxy groups -OCH3 is 1. The van der Waals surface area contributed by atoms with Gasteiger partial charge in [-0.1, -0.05) is 27.7 Å². The maximum atomic E-state index is 12.9. The third kappa shape index (κ3) is 6.10. The van der Waals surface area contributed by atoms with E-state index in [1.165, 1.54) is 11.3 Å². The minimum Gasteiger partial charge on any atom is -0.462 e. The number of H-pyrrole nitrogens is 1. The van der Waals surface area contributed by atoms with Crippen LogP contribution in [0.1, 0.15) is 61.6 Å². The predicted octanol–water partition coefficient (Wildman–Crippen LogP) is 2.75. The van der Waals surface area contributed by atoms with Crippen LogP contribution in [0.5, 0.6) is 0 Å². The summed E-state index contributed by atoms with van der Waals surface area (Å²) in [6.45, 7) is 11.9. The van der Waals surface area contributed by atoms with Crippen molar-refractivity contribution in [3.05, 3.63) is 26.6 Å². The van der Waals surface area contributed by atoms with Gasteiger partial charge in [-0.2, -0.15) is 0 Å². The number of aromatic amines is 1. The second-order valence-corrected chi connectivity index (χ2v) is 9.11. The molecule has 30 heavy (non-hydrogen) atoms. The first-order valence-electron chi connectivity index (χ1n) is 10.3. The van der Waals surface area contributed by atoms with E-state index in [1.807, 2.05) is 18.7 Å². The average Bonchev–Trinajstić information content (AvgIpc) is 3.01. The van der Waals surface area contributed by atoms with Crippen LogP contribution in [0.3, 0.4) is 0 Å². The van der Waals surface area contributed by atoms with Crippen LogP contribution >= 0.6 is 11.3 Å². The molecule has 9 heteroatoms. The number of thiophene rings is 1. The lowest BCUT2D eigenvalue weighted by Gasteiger charge is -2.26. The van der Waals surface area contributed by atoms with Crippen molar-refractivity contribution in [2.75, 3.05) is 33.4 Å². The minimum absolute atomic E-state index is 0.0199. The number of rotatable bonds is 11. The molecule has 0 aromatic carbocycles. The van der Waals surface area contributed by atoms with Crippen molar-refractivity contribution in [2.24, 2.45) is 5.92 Å². The maximum Gasteiger partial charge on any atom is 0.348 e. The molecule has 0 saturated heterocycles. The number of nitrogens with one attached hydrogen (secondary N) is 1. The van der Waals surface area contributed by atoms with E-state index in [9.17, 15) is 14.7 Å². The Hall–Kier alpha value is -1.81. The van der Waals surface area contributed by atoms with Gasteiger partial charge in [-0.25, -0.2) is 9.78 Å². The first-order valence-corrected chi connectivity index (χ1v) is 11.1. The molecule has 0 saturated carbocycles. The molecule has 1 unspecified atom stereocenters. The highest BCUT2D eigenvalue weighted by molar-refractivity contribution is 7.20. The molecule has 0 amide bonds. The summed E-state index contributed by atoms with van der Waals surface area (Å²) in [5, 5.41) is 10.6. The van der Waals surface area contributed by atoms with Crippen molar-refractivity contribution in [3.63, 3.8) is 0 Å². The Morgan fingerprint density at radius 3 is 2.53 bits per heavy atom. The number of hydrogen-bond donors (Lipinski definition) is 2. The van der Waals surface area contributed by atoms with E-state index in [2.05, 4.69) is 23.8 Å². The molecule has 0 aliphatic rings. The number of carbonyl (C=O) groups excluding carboxylic acids is 1. The Morgan fingerprint density at radius 1 is 1.27 bits per heavy atom. The van der Waals surface area contributed by atoms with Gasteiger partial charge in [0.15, 0.2) is 0 Å². The smallest absolute Gasteiger partial charge is 0.348 e. The number of aliphatic hydroxyl groups excluding tert-OH is 1. The van der Waals surface area contributed by atoms with Crippen LogP contribution in [0.4, 0.5) is 0 Å².